The molecule has 1 N–H and O–H groups in total. The maximum Gasteiger partial charge on any atom is 0.349 e. The number of hydrogen-bond donors (Lipinski definition) is 1. The quantitative estimate of drug-likeness (QED) is 0.591. The van der Waals surface area contributed by atoms with E-state index in [1.165, 1.54) is 22.8 Å². The summed E-state index contributed by atoms with van der Waals surface area (Å²) in [5.74, 6) is -0.888. The largest absolute Gasteiger partial charge is 0.349 e. The summed E-state index contributed by atoms with van der Waals surface area (Å²) >= 11 is 0. The van der Waals surface area contributed by atoms with Crippen molar-refractivity contribution in [3.8, 4) is 11.3 Å². The van der Waals surface area contributed by atoms with Crippen molar-refractivity contribution in [2.45, 2.75) is 6.54 Å². The maximum atomic E-state index is 13.3. The van der Waals surface area contributed by atoms with E-state index in [9.17, 15) is 14.0 Å². The van der Waals surface area contributed by atoms with E-state index in [2.05, 4.69) is 10.3 Å². The van der Waals surface area contributed by atoms with Gasteiger partial charge in [-0.1, -0.05) is 54.6 Å². The number of carbonyl (C=O) groups excluding carboxylic acids is 1. The molecule has 0 atom stereocenters. The Morgan fingerprint density at radius 1 is 0.964 bits per heavy atom. The molecule has 0 fully saturated rings. The van der Waals surface area contributed by atoms with Gasteiger partial charge in [-0.2, -0.15) is 4.98 Å². The molecule has 0 unspecified atom stereocenters. The first-order valence-corrected chi connectivity index (χ1v) is 8.72. The van der Waals surface area contributed by atoms with Gasteiger partial charge in [0.05, 0.1) is 11.2 Å². The summed E-state index contributed by atoms with van der Waals surface area (Å²) in [4.78, 5) is 29.3. The molecule has 0 bridgehead atoms. The van der Waals surface area contributed by atoms with Crippen LogP contribution in [0.25, 0.3) is 22.2 Å². The number of aromatic nitrogens is 2. The van der Waals surface area contributed by atoms with Crippen molar-refractivity contribution in [3.63, 3.8) is 0 Å². The Hall–Kier alpha value is -3.80. The first-order chi connectivity index (χ1) is 13.6. The minimum absolute atomic E-state index is 0.224. The second-order valence-electron chi connectivity index (χ2n) is 6.27. The van der Waals surface area contributed by atoms with Gasteiger partial charge in [0.15, 0.2) is 0 Å². The number of hydrogen-bond acceptors (Lipinski definition) is 3. The number of nitrogens with one attached hydrogen (secondary N) is 1. The van der Waals surface area contributed by atoms with Crippen molar-refractivity contribution >= 4 is 22.5 Å². The van der Waals surface area contributed by atoms with Crippen LogP contribution in [0.15, 0.2) is 83.7 Å². The van der Waals surface area contributed by atoms with Crippen molar-refractivity contribution in [3.05, 3.63) is 95.2 Å². The number of nitrogens with zero attached hydrogens (tertiary/aromatic N) is 2. The lowest BCUT2D eigenvalue weighted by molar-refractivity contribution is -0.116. The van der Waals surface area contributed by atoms with Crippen LogP contribution >= 0.6 is 0 Å². The van der Waals surface area contributed by atoms with Crippen molar-refractivity contribution in [2.24, 2.45) is 0 Å². The lowest BCUT2D eigenvalue weighted by atomic mass is 10.1. The number of para-hydroxylation sites is 1. The fourth-order valence-electron chi connectivity index (χ4n) is 3.11. The normalized spacial score (nSPS) is 10.8. The van der Waals surface area contributed by atoms with Crippen LogP contribution in [0.1, 0.15) is 0 Å². The van der Waals surface area contributed by atoms with E-state index in [4.69, 9.17) is 0 Å². The highest BCUT2D eigenvalue weighted by Crippen LogP contribution is 2.25. The summed E-state index contributed by atoms with van der Waals surface area (Å²) in [5, 5.41) is 3.37. The van der Waals surface area contributed by atoms with Crippen LogP contribution in [0.2, 0.25) is 0 Å². The third-order valence-corrected chi connectivity index (χ3v) is 4.35. The number of carbonyl (C=O) groups is 1. The topological polar surface area (TPSA) is 64.0 Å². The van der Waals surface area contributed by atoms with Crippen molar-refractivity contribution in [1.29, 1.82) is 0 Å². The summed E-state index contributed by atoms with van der Waals surface area (Å²) < 4.78 is 14.6. The number of rotatable bonds is 4. The van der Waals surface area contributed by atoms with Crippen molar-refractivity contribution in [2.75, 3.05) is 5.32 Å². The molecule has 4 aromatic rings. The molecule has 3 aromatic carbocycles. The van der Waals surface area contributed by atoms with Crippen LogP contribution in [0.3, 0.4) is 0 Å². The number of benzene rings is 3. The number of fused-ring (bicyclic) bond motifs is 1. The monoisotopic (exact) mass is 373 g/mol. The lowest BCUT2D eigenvalue weighted by Gasteiger charge is -2.13. The zero-order chi connectivity index (χ0) is 19.5. The average Bonchev–Trinajstić information content (AvgIpc) is 2.70. The predicted octanol–water partition coefficient (Wildman–Crippen LogP) is 3.84. The Morgan fingerprint density at radius 2 is 1.71 bits per heavy atom. The van der Waals surface area contributed by atoms with Crippen LogP contribution in [0.4, 0.5) is 10.1 Å². The zero-order valence-electron chi connectivity index (χ0n) is 14.8. The Morgan fingerprint density at radius 3 is 2.50 bits per heavy atom. The van der Waals surface area contributed by atoms with Crippen LogP contribution < -0.4 is 11.0 Å². The van der Waals surface area contributed by atoms with E-state index >= 15 is 0 Å². The van der Waals surface area contributed by atoms with E-state index in [0.717, 1.165) is 10.9 Å². The third kappa shape index (κ3) is 3.53. The molecule has 0 saturated carbocycles. The van der Waals surface area contributed by atoms with Crippen LogP contribution in [-0.4, -0.2) is 15.5 Å². The van der Waals surface area contributed by atoms with Crippen LogP contribution in [0, 0.1) is 5.82 Å². The molecule has 0 aliphatic carbocycles. The fourth-order valence-corrected chi connectivity index (χ4v) is 3.11. The summed E-state index contributed by atoms with van der Waals surface area (Å²) in [7, 11) is 0. The molecule has 138 valence electrons. The van der Waals surface area contributed by atoms with Crippen LogP contribution in [-0.2, 0) is 11.3 Å². The summed E-state index contributed by atoms with van der Waals surface area (Å²) in [6, 6.07) is 22.3. The van der Waals surface area contributed by atoms with Gasteiger partial charge in [0.25, 0.3) is 0 Å². The molecule has 28 heavy (non-hydrogen) atoms. The highest BCUT2D eigenvalue weighted by Gasteiger charge is 2.14. The predicted molar refractivity (Wildman–Crippen MR) is 106 cm³/mol. The standard InChI is InChI=1S/C22H16FN3O2/c23-16-9-6-10-17(13-16)24-20(27)14-26-19-12-5-4-11-18(19)21(25-22(26)28)15-7-2-1-3-8-15/h1-13H,14H2,(H,24,27). The summed E-state index contributed by atoms with van der Waals surface area (Å²) in [6.45, 7) is -0.224. The first-order valence-electron chi connectivity index (χ1n) is 8.72. The van der Waals surface area contributed by atoms with Crippen LogP contribution in [0.5, 0.6) is 0 Å². The molecule has 0 saturated heterocycles. The molecule has 1 aromatic heterocycles. The highest BCUT2D eigenvalue weighted by molar-refractivity contribution is 5.95. The number of amides is 1. The number of anilines is 1. The molecule has 6 heteroatoms. The first kappa shape index (κ1) is 17.6. The van der Waals surface area contributed by atoms with Gasteiger partial charge < -0.3 is 5.32 Å². The summed E-state index contributed by atoms with van der Waals surface area (Å²) in [6.07, 6.45) is 0. The molecule has 0 radical (unpaired) electrons. The maximum absolute atomic E-state index is 13.3. The van der Waals surface area contributed by atoms with E-state index in [0.29, 0.717) is 16.9 Å². The third-order valence-electron chi connectivity index (χ3n) is 4.35. The molecular weight excluding hydrogens is 357 g/mol. The van der Waals surface area contributed by atoms with Gasteiger partial charge in [0, 0.05) is 16.6 Å². The lowest BCUT2D eigenvalue weighted by Crippen LogP contribution is -2.30. The van der Waals surface area contributed by atoms with E-state index in [1.807, 2.05) is 42.5 Å². The zero-order valence-corrected chi connectivity index (χ0v) is 14.8. The van der Waals surface area contributed by atoms with E-state index in [-0.39, 0.29) is 6.54 Å². The molecule has 5 nitrogen and oxygen atoms in total. The van der Waals surface area contributed by atoms with Gasteiger partial charge in [-0.3, -0.25) is 9.36 Å². The molecule has 4 rings (SSSR count). The van der Waals surface area contributed by atoms with E-state index < -0.39 is 17.4 Å². The van der Waals surface area contributed by atoms with Gasteiger partial charge in [0.1, 0.15) is 12.4 Å². The Labute approximate surface area is 160 Å². The molecule has 0 spiro atoms. The van der Waals surface area contributed by atoms with Gasteiger partial charge in [0.2, 0.25) is 5.91 Å². The second kappa shape index (κ2) is 7.44. The fraction of sp³-hybridized carbons (Fsp3) is 0.0455. The molecule has 0 aliphatic rings. The Bertz CT molecular complexity index is 1220. The molecule has 0 aliphatic heterocycles. The minimum Gasteiger partial charge on any atom is -0.324 e. The van der Waals surface area contributed by atoms with Crippen molar-refractivity contribution < 1.29 is 9.18 Å². The summed E-state index contributed by atoms with van der Waals surface area (Å²) in [5.41, 5.74) is 1.81. The minimum atomic E-state index is -0.521. The second-order valence-corrected chi connectivity index (χ2v) is 6.27. The highest BCUT2D eigenvalue weighted by atomic mass is 19.1. The Balaban J connectivity index is 1.73. The van der Waals surface area contributed by atoms with Gasteiger partial charge in [-0.15, -0.1) is 0 Å². The van der Waals surface area contributed by atoms with E-state index in [1.54, 1.807) is 18.2 Å². The number of halogens is 1. The van der Waals surface area contributed by atoms with Gasteiger partial charge in [-0.25, -0.2) is 9.18 Å². The molecule has 1 heterocycles. The smallest absolute Gasteiger partial charge is 0.324 e. The van der Waals surface area contributed by atoms with Gasteiger partial charge >= 0.3 is 5.69 Å². The SMILES string of the molecule is O=C(Cn1c(=O)nc(-c2ccccc2)c2ccccc21)Nc1cccc(F)c1. The van der Waals surface area contributed by atoms with Crippen molar-refractivity contribution in [1.82, 2.24) is 9.55 Å². The van der Waals surface area contributed by atoms with Gasteiger partial charge in [-0.05, 0) is 24.3 Å². The average molecular weight is 373 g/mol. The Kier molecular flexibility index (Phi) is 4.68. The molecule has 1 amide bonds. The molecular formula is C22H16FN3O2.